The second-order valence-electron chi connectivity index (χ2n) is 3.62. The molecule has 2 rings (SSSR count). The molecule has 0 aliphatic carbocycles. The highest BCUT2D eigenvalue weighted by molar-refractivity contribution is 14.1. The molecule has 2 aromatic heterocycles. The zero-order valence-electron chi connectivity index (χ0n) is 9.29. The van der Waals surface area contributed by atoms with E-state index in [0.717, 1.165) is 18.1 Å². The summed E-state index contributed by atoms with van der Waals surface area (Å²) in [5.74, 6) is 1.95. The van der Waals surface area contributed by atoms with Gasteiger partial charge in [0.2, 0.25) is 0 Å². The molecule has 0 aromatic carbocycles. The number of thiophene rings is 1. The third kappa shape index (κ3) is 2.67. The van der Waals surface area contributed by atoms with Crippen LogP contribution < -0.4 is 5.32 Å². The van der Waals surface area contributed by atoms with Gasteiger partial charge in [-0.1, -0.05) is 6.92 Å². The lowest BCUT2D eigenvalue weighted by molar-refractivity contribution is 0.435. The maximum Gasteiger partial charge on any atom is 0.125 e. The van der Waals surface area contributed by atoms with E-state index in [1.807, 2.05) is 19.1 Å². The first-order valence-electron chi connectivity index (χ1n) is 5.24. The predicted molar refractivity (Wildman–Crippen MR) is 76.0 cm³/mol. The van der Waals surface area contributed by atoms with Gasteiger partial charge in [0.05, 0.1) is 8.93 Å². The van der Waals surface area contributed by atoms with E-state index in [1.54, 1.807) is 11.3 Å². The molecular weight excluding hydrogens is 333 g/mol. The molecule has 86 valence electrons. The van der Waals surface area contributed by atoms with Crippen molar-refractivity contribution in [3.8, 4) is 0 Å². The van der Waals surface area contributed by atoms with Crippen molar-refractivity contribution in [3.63, 3.8) is 0 Å². The molecular formula is C12H14INOS. The van der Waals surface area contributed by atoms with E-state index in [4.69, 9.17) is 4.42 Å². The van der Waals surface area contributed by atoms with Gasteiger partial charge in [0.25, 0.3) is 0 Å². The summed E-state index contributed by atoms with van der Waals surface area (Å²) in [4.78, 5) is 0. The van der Waals surface area contributed by atoms with Crippen molar-refractivity contribution in [1.82, 2.24) is 5.32 Å². The van der Waals surface area contributed by atoms with Gasteiger partial charge in [-0.3, -0.25) is 0 Å². The van der Waals surface area contributed by atoms with Gasteiger partial charge in [-0.25, -0.2) is 0 Å². The summed E-state index contributed by atoms with van der Waals surface area (Å²) < 4.78 is 7.01. The van der Waals surface area contributed by atoms with Gasteiger partial charge < -0.3 is 9.73 Å². The summed E-state index contributed by atoms with van der Waals surface area (Å²) in [7, 11) is 0. The van der Waals surface area contributed by atoms with E-state index in [0.29, 0.717) is 0 Å². The minimum Gasteiger partial charge on any atom is -0.464 e. The molecule has 0 aliphatic rings. The summed E-state index contributed by atoms with van der Waals surface area (Å²) >= 11 is 4.11. The number of furan rings is 1. The minimum atomic E-state index is 0.179. The van der Waals surface area contributed by atoms with Crippen molar-refractivity contribution in [1.29, 1.82) is 0 Å². The highest BCUT2D eigenvalue weighted by atomic mass is 127. The summed E-state index contributed by atoms with van der Waals surface area (Å²) in [6, 6.07) is 6.44. The van der Waals surface area contributed by atoms with Crippen molar-refractivity contribution in [2.24, 2.45) is 0 Å². The average Bonchev–Trinajstić information content (AvgIpc) is 2.84. The number of nitrogens with one attached hydrogen (secondary N) is 1. The third-order valence-electron chi connectivity index (χ3n) is 2.37. The van der Waals surface area contributed by atoms with Gasteiger partial charge >= 0.3 is 0 Å². The Labute approximate surface area is 113 Å². The Morgan fingerprint density at radius 1 is 1.50 bits per heavy atom. The van der Waals surface area contributed by atoms with Gasteiger partial charge in [0, 0.05) is 0 Å². The smallest absolute Gasteiger partial charge is 0.125 e. The summed E-state index contributed by atoms with van der Waals surface area (Å²) in [6.07, 6.45) is 0. The lowest BCUT2D eigenvalue weighted by Crippen LogP contribution is -2.20. The number of rotatable bonds is 4. The molecule has 2 nitrogen and oxygen atoms in total. The van der Waals surface area contributed by atoms with E-state index in [9.17, 15) is 0 Å². The molecule has 2 aromatic rings. The highest BCUT2D eigenvalue weighted by Crippen LogP contribution is 2.28. The van der Waals surface area contributed by atoms with Crippen molar-refractivity contribution in [3.05, 3.63) is 43.5 Å². The van der Waals surface area contributed by atoms with Crippen LogP contribution in [0.1, 0.15) is 30.0 Å². The molecule has 2 heterocycles. The summed E-state index contributed by atoms with van der Waals surface area (Å²) in [5, 5.41) is 5.64. The van der Waals surface area contributed by atoms with Gasteiger partial charge in [0.15, 0.2) is 0 Å². The van der Waals surface area contributed by atoms with Gasteiger partial charge in [0.1, 0.15) is 11.5 Å². The standard InChI is InChI=1S/C12H14INOS/c1-3-14-12(9-6-11(13)16-7-9)10-5-4-8(2)15-10/h4-7,12,14H,3H2,1-2H3. The predicted octanol–water partition coefficient (Wildman–Crippen LogP) is 3.95. The fourth-order valence-electron chi connectivity index (χ4n) is 1.67. The molecule has 0 saturated heterocycles. The topological polar surface area (TPSA) is 25.2 Å². The number of hydrogen-bond donors (Lipinski definition) is 1. The molecule has 0 amide bonds. The monoisotopic (exact) mass is 347 g/mol. The zero-order valence-corrected chi connectivity index (χ0v) is 12.3. The molecule has 0 radical (unpaired) electrons. The SMILES string of the molecule is CCNC(c1csc(I)c1)c1ccc(C)o1. The van der Waals surface area contributed by atoms with Crippen LogP contribution >= 0.6 is 33.9 Å². The summed E-state index contributed by atoms with van der Waals surface area (Å²) in [6.45, 7) is 5.01. The van der Waals surface area contributed by atoms with E-state index >= 15 is 0 Å². The fraction of sp³-hybridized carbons (Fsp3) is 0.333. The van der Waals surface area contributed by atoms with Crippen LogP contribution in [0.5, 0.6) is 0 Å². The Bertz CT molecular complexity index is 423. The van der Waals surface area contributed by atoms with Crippen molar-refractivity contribution in [2.45, 2.75) is 19.9 Å². The first-order chi connectivity index (χ1) is 7.70. The van der Waals surface area contributed by atoms with Crippen LogP contribution in [0.2, 0.25) is 0 Å². The maximum absolute atomic E-state index is 5.70. The molecule has 4 heteroatoms. The second-order valence-corrected chi connectivity index (χ2v) is 6.43. The zero-order chi connectivity index (χ0) is 11.5. The maximum atomic E-state index is 5.70. The van der Waals surface area contributed by atoms with Crippen LogP contribution in [-0.4, -0.2) is 6.54 Å². The number of halogens is 1. The second kappa shape index (κ2) is 5.33. The first kappa shape index (κ1) is 12.1. The van der Waals surface area contributed by atoms with Crippen LogP contribution in [0.25, 0.3) is 0 Å². The molecule has 16 heavy (non-hydrogen) atoms. The molecule has 1 N–H and O–H groups in total. The van der Waals surface area contributed by atoms with Crippen LogP contribution in [0.3, 0.4) is 0 Å². The molecule has 0 saturated carbocycles. The third-order valence-corrected chi connectivity index (χ3v) is 4.18. The van der Waals surface area contributed by atoms with E-state index in [2.05, 4.69) is 46.3 Å². The molecule has 1 atom stereocenters. The Kier molecular flexibility index (Phi) is 4.05. The van der Waals surface area contributed by atoms with Gasteiger partial charge in [-0.15, -0.1) is 11.3 Å². The van der Waals surface area contributed by atoms with Crippen LogP contribution in [0.4, 0.5) is 0 Å². The van der Waals surface area contributed by atoms with E-state index in [-0.39, 0.29) is 6.04 Å². The Morgan fingerprint density at radius 3 is 2.81 bits per heavy atom. The normalized spacial score (nSPS) is 12.9. The fourth-order valence-corrected chi connectivity index (χ4v) is 3.07. The van der Waals surface area contributed by atoms with Crippen LogP contribution in [0.15, 0.2) is 28.0 Å². The Hall–Kier alpha value is -0.330. The number of hydrogen-bond acceptors (Lipinski definition) is 3. The van der Waals surface area contributed by atoms with Crippen molar-refractivity contribution in [2.75, 3.05) is 6.54 Å². The van der Waals surface area contributed by atoms with E-state index in [1.165, 1.54) is 8.45 Å². The Balaban J connectivity index is 2.30. The average molecular weight is 347 g/mol. The first-order valence-corrected chi connectivity index (χ1v) is 7.20. The van der Waals surface area contributed by atoms with Gasteiger partial charge in [-0.05, 0) is 65.2 Å². The summed E-state index contributed by atoms with van der Waals surface area (Å²) in [5.41, 5.74) is 1.28. The molecule has 0 spiro atoms. The molecule has 0 bridgehead atoms. The van der Waals surface area contributed by atoms with Crippen molar-refractivity contribution >= 4 is 33.9 Å². The minimum absolute atomic E-state index is 0.179. The van der Waals surface area contributed by atoms with E-state index < -0.39 is 0 Å². The molecule has 0 aliphatic heterocycles. The largest absolute Gasteiger partial charge is 0.464 e. The lowest BCUT2D eigenvalue weighted by Gasteiger charge is -2.13. The molecule has 1 unspecified atom stereocenters. The van der Waals surface area contributed by atoms with Crippen LogP contribution in [0, 0.1) is 9.81 Å². The van der Waals surface area contributed by atoms with Crippen LogP contribution in [-0.2, 0) is 0 Å². The van der Waals surface area contributed by atoms with Crippen molar-refractivity contribution < 1.29 is 4.42 Å². The number of aryl methyl sites for hydroxylation is 1. The molecule has 0 fully saturated rings. The van der Waals surface area contributed by atoms with Gasteiger partial charge in [-0.2, -0.15) is 0 Å². The highest BCUT2D eigenvalue weighted by Gasteiger charge is 2.17. The quantitative estimate of drug-likeness (QED) is 0.848. The Morgan fingerprint density at radius 2 is 2.31 bits per heavy atom. The lowest BCUT2D eigenvalue weighted by atomic mass is 10.1.